The van der Waals surface area contributed by atoms with Gasteiger partial charge in [0.2, 0.25) is 11.7 Å². The Labute approximate surface area is 271 Å². The predicted octanol–water partition coefficient (Wildman–Crippen LogP) is 7.72. The van der Waals surface area contributed by atoms with E-state index in [9.17, 15) is 14.9 Å². The van der Waals surface area contributed by atoms with Crippen LogP contribution in [0.3, 0.4) is 0 Å². The molecule has 6 aromatic rings. The quantitative estimate of drug-likeness (QED) is 0.0828. The molecule has 3 heterocycles. The molecule has 0 N–H and O–H groups in total. The molecule has 0 aliphatic rings. The second kappa shape index (κ2) is 12.5. The summed E-state index contributed by atoms with van der Waals surface area (Å²) in [6, 6.07) is 18.5. The van der Waals surface area contributed by atoms with Crippen LogP contribution in [-0.2, 0) is 0 Å². The SMILES string of the molecule is CCOc1cc(C=Nn2c(-c3cc4c(OC)cccc4o3)nc3ccccc3c2=O)c(Br)c(Br)c1Oc1ccc([N+](=O)[O-])cn1. The van der Waals surface area contributed by atoms with Crippen LogP contribution in [0.5, 0.6) is 23.1 Å². The molecule has 0 radical (unpaired) electrons. The number of ether oxygens (including phenoxy) is 3. The Bertz CT molecular complexity index is 2180. The minimum Gasteiger partial charge on any atom is -0.496 e. The van der Waals surface area contributed by atoms with E-state index in [1.54, 1.807) is 49.6 Å². The van der Waals surface area contributed by atoms with Crippen LogP contribution in [-0.4, -0.2) is 39.5 Å². The number of pyridine rings is 1. The largest absolute Gasteiger partial charge is 0.496 e. The summed E-state index contributed by atoms with van der Waals surface area (Å²) in [5, 5.41) is 16.7. The van der Waals surface area contributed by atoms with Crippen LogP contribution >= 0.6 is 31.9 Å². The molecular formula is C31H21Br2N5O7. The topological polar surface area (TPSA) is 144 Å². The highest BCUT2D eigenvalue weighted by Crippen LogP contribution is 2.44. The first-order valence-corrected chi connectivity index (χ1v) is 14.9. The maximum absolute atomic E-state index is 13.8. The van der Waals surface area contributed by atoms with Crippen LogP contribution in [0.4, 0.5) is 5.69 Å². The molecule has 0 amide bonds. The number of aromatic nitrogens is 3. The molecule has 0 atom stereocenters. The zero-order chi connectivity index (χ0) is 31.7. The molecule has 6 rings (SSSR count). The van der Waals surface area contributed by atoms with E-state index in [0.29, 0.717) is 54.9 Å². The van der Waals surface area contributed by atoms with E-state index in [0.717, 1.165) is 11.6 Å². The van der Waals surface area contributed by atoms with E-state index >= 15 is 0 Å². The van der Waals surface area contributed by atoms with Crippen molar-refractivity contribution in [1.29, 1.82) is 0 Å². The van der Waals surface area contributed by atoms with Crippen molar-refractivity contribution in [3.8, 4) is 34.7 Å². The van der Waals surface area contributed by atoms with Gasteiger partial charge in [-0.25, -0.2) is 9.97 Å². The van der Waals surface area contributed by atoms with Crippen molar-refractivity contribution in [2.75, 3.05) is 13.7 Å². The van der Waals surface area contributed by atoms with Crippen molar-refractivity contribution < 1.29 is 23.6 Å². The number of hydrogen-bond donors (Lipinski definition) is 0. The first kappa shape index (κ1) is 30.0. The maximum Gasteiger partial charge on any atom is 0.287 e. The van der Waals surface area contributed by atoms with E-state index in [1.807, 2.05) is 19.1 Å². The van der Waals surface area contributed by atoms with E-state index in [4.69, 9.17) is 23.6 Å². The predicted molar refractivity (Wildman–Crippen MR) is 175 cm³/mol. The molecule has 0 aliphatic heterocycles. The summed E-state index contributed by atoms with van der Waals surface area (Å²) in [5.74, 6) is 1.87. The van der Waals surface area contributed by atoms with E-state index < -0.39 is 10.5 Å². The van der Waals surface area contributed by atoms with E-state index in [-0.39, 0.29) is 23.1 Å². The molecule has 0 bridgehead atoms. The highest BCUT2D eigenvalue weighted by atomic mass is 79.9. The molecule has 3 aromatic carbocycles. The molecule has 14 heteroatoms. The lowest BCUT2D eigenvalue weighted by molar-refractivity contribution is -0.385. The van der Waals surface area contributed by atoms with Gasteiger partial charge in [-0.2, -0.15) is 9.78 Å². The van der Waals surface area contributed by atoms with Crippen LogP contribution in [0.15, 0.2) is 96.2 Å². The number of nitrogens with zero attached hydrogens (tertiary/aromatic N) is 5. The molecule has 12 nitrogen and oxygen atoms in total. The smallest absolute Gasteiger partial charge is 0.287 e. The van der Waals surface area contributed by atoms with Gasteiger partial charge in [0.05, 0.1) is 45.6 Å². The minimum atomic E-state index is -0.546. The first-order valence-electron chi connectivity index (χ1n) is 13.3. The van der Waals surface area contributed by atoms with Crippen LogP contribution in [0, 0.1) is 10.1 Å². The Kier molecular flexibility index (Phi) is 8.32. The summed E-state index contributed by atoms with van der Waals surface area (Å²) >= 11 is 7.12. The highest BCUT2D eigenvalue weighted by Gasteiger charge is 2.21. The second-order valence-corrected chi connectivity index (χ2v) is 11.0. The van der Waals surface area contributed by atoms with Gasteiger partial charge in [-0.3, -0.25) is 14.9 Å². The molecule has 0 aliphatic carbocycles. The van der Waals surface area contributed by atoms with Crippen LogP contribution in [0.1, 0.15) is 12.5 Å². The van der Waals surface area contributed by atoms with Crippen molar-refractivity contribution >= 4 is 65.6 Å². The van der Waals surface area contributed by atoms with E-state index in [2.05, 4.69) is 41.9 Å². The summed E-state index contributed by atoms with van der Waals surface area (Å²) in [6.07, 6.45) is 2.58. The number of fused-ring (bicyclic) bond motifs is 2. The Morgan fingerprint density at radius 2 is 1.87 bits per heavy atom. The molecular weight excluding hydrogens is 714 g/mol. The van der Waals surface area contributed by atoms with Crippen LogP contribution < -0.4 is 19.8 Å². The van der Waals surface area contributed by atoms with Crippen molar-refractivity contribution in [2.24, 2.45) is 5.10 Å². The zero-order valence-electron chi connectivity index (χ0n) is 23.6. The van der Waals surface area contributed by atoms with Gasteiger partial charge in [0.15, 0.2) is 17.3 Å². The maximum atomic E-state index is 13.8. The summed E-state index contributed by atoms with van der Waals surface area (Å²) in [7, 11) is 1.57. The number of furan rings is 1. The standard InChI is InChI=1S/C31H21Br2N5O7/c1-3-43-24-13-17(27(32)28(33)29(24)45-26-12-11-18(16-34-26)38(40)41)15-35-37-30(36-21-8-5-4-7-19(21)31(37)39)25-14-20-22(42-2)9-6-10-23(20)44-25/h4-16H,3H2,1-2H3. The third-order valence-electron chi connectivity index (χ3n) is 6.62. The van der Waals surface area contributed by atoms with Gasteiger partial charge in [-0.1, -0.05) is 18.2 Å². The fraction of sp³-hybridized carbons (Fsp3) is 0.0968. The molecule has 0 saturated heterocycles. The van der Waals surface area contributed by atoms with E-state index in [1.165, 1.54) is 23.0 Å². The molecule has 3 aromatic heterocycles. The Morgan fingerprint density at radius 1 is 1.04 bits per heavy atom. The molecule has 45 heavy (non-hydrogen) atoms. The fourth-order valence-corrected chi connectivity index (χ4v) is 5.44. The summed E-state index contributed by atoms with van der Waals surface area (Å²) in [5.41, 5.74) is 1.02. The monoisotopic (exact) mass is 733 g/mol. The average molecular weight is 735 g/mol. The zero-order valence-corrected chi connectivity index (χ0v) is 26.7. The molecule has 226 valence electrons. The summed E-state index contributed by atoms with van der Waals surface area (Å²) in [6.45, 7) is 2.12. The Hall–Kier alpha value is -5.08. The number of para-hydroxylation sites is 1. The molecule has 0 fully saturated rings. The van der Waals surface area contributed by atoms with Gasteiger partial charge >= 0.3 is 0 Å². The van der Waals surface area contributed by atoms with Crippen LogP contribution in [0.25, 0.3) is 33.5 Å². The van der Waals surface area contributed by atoms with Gasteiger partial charge in [-0.05, 0) is 75.2 Å². The number of benzene rings is 3. The van der Waals surface area contributed by atoms with Gasteiger partial charge < -0.3 is 18.6 Å². The molecule has 0 unspecified atom stereocenters. The normalized spacial score (nSPS) is 11.4. The molecule has 0 saturated carbocycles. The number of methoxy groups -OCH3 is 1. The summed E-state index contributed by atoms with van der Waals surface area (Å²) in [4.78, 5) is 33.0. The van der Waals surface area contributed by atoms with Crippen molar-refractivity contribution in [3.63, 3.8) is 0 Å². The number of rotatable bonds is 9. The van der Waals surface area contributed by atoms with Gasteiger partial charge in [0.1, 0.15) is 17.5 Å². The third kappa shape index (κ3) is 5.77. The van der Waals surface area contributed by atoms with Gasteiger partial charge in [-0.15, -0.1) is 0 Å². The third-order valence-corrected chi connectivity index (χ3v) is 8.76. The Morgan fingerprint density at radius 3 is 2.60 bits per heavy atom. The average Bonchev–Trinajstić information content (AvgIpc) is 3.49. The first-order chi connectivity index (χ1) is 21.8. The number of hydrogen-bond acceptors (Lipinski definition) is 10. The number of halogens is 2. The van der Waals surface area contributed by atoms with Crippen LogP contribution in [0.2, 0.25) is 0 Å². The van der Waals surface area contributed by atoms with Gasteiger partial charge in [0, 0.05) is 22.2 Å². The Balaban J connectivity index is 1.46. The van der Waals surface area contributed by atoms with Crippen molar-refractivity contribution in [2.45, 2.75) is 6.92 Å². The van der Waals surface area contributed by atoms with Crippen molar-refractivity contribution in [1.82, 2.24) is 14.6 Å². The lowest BCUT2D eigenvalue weighted by atomic mass is 10.2. The lowest BCUT2D eigenvalue weighted by Crippen LogP contribution is -2.20. The van der Waals surface area contributed by atoms with Crippen molar-refractivity contribution in [3.05, 3.63) is 108 Å². The highest BCUT2D eigenvalue weighted by molar-refractivity contribution is 9.13. The second-order valence-electron chi connectivity index (χ2n) is 9.36. The lowest BCUT2D eigenvalue weighted by Gasteiger charge is -2.15. The van der Waals surface area contributed by atoms with Gasteiger partial charge in [0.25, 0.3) is 11.2 Å². The number of nitro groups is 1. The summed E-state index contributed by atoms with van der Waals surface area (Å²) < 4.78 is 25.6. The fourth-order valence-electron chi connectivity index (χ4n) is 4.53. The molecule has 0 spiro atoms. The minimum absolute atomic E-state index is 0.122.